The number of carbonyl (C=O) groups excluding carboxylic acids is 2. The molecular formula is C8H11NO4. The summed E-state index contributed by atoms with van der Waals surface area (Å²) in [5.74, 6) is -0.812. The van der Waals surface area contributed by atoms with Gasteiger partial charge >= 0.3 is 11.9 Å². The molecular weight excluding hydrogens is 174 g/mol. The zero-order valence-corrected chi connectivity index (χ0v) is 7.49. The molecule has 1 aliphatic rings. The minimum Gasteiger partial charge on any atom is -0.626 e. The Morgan fingerprint density at radius 1 is 1.77 bits per heavy atom. The average molecular weight is 185 g/mol. The fraction of sp³-hybridized carbons (Fsp3) is 0.500. The largest absolute Gasteiger partial charge is 0.626 e. The first kappa shape index (κ1) is 9.88. The molecule has 0 aromatic carbocycles. The van der Waals surface area contributed by atoms with E-state index in [4.69, 9.17) is 0 Å². The van der Waals surface area contributed by atoms with Crippen LogP contribution >= 0.6 is 0 Å². The van der Waals surface area contributed by atoms with E-state index in [2.05, 4.69) is 4.74 Å². The van der Waals surface area contributed by atoms with Gasteiger partial charge < -0.3 is 15.0 Å². The SMILES string of the molecule is CC(=O)OC=CC1(C)CC(=O)[NH+]1[O-]. The lowest BCUT2D eigenvalue weighted by Gasteiger charge is -2.44. The molecule has 0 bridgehead atoms. The normalized spacial score (nSPS) is 33.2. The Bertz CT molecular complexity index is 273. The number of rotatable bonds is 2. The summed E-state index contributed by atoms with van der Waals surface area (Å²) in [6, 6.07) is 0. The number of β-lactam (4-membered cyclic amide) rings is 1. The summed E-state index contributed by atoms with van der Waals surface area (Å²) >= 11 is 0. The third kappa shape index (κ3) is 1.93. The third-order valence-electron chi connectivity index (χ3n) is 1.97. The molecule has 5 nitrogen and oxygen atoms in total. The van der Waals surface area contributed by atoms with Gasteiger partial charge in [-0.1, -0.05) is 0 Å². The lowest BCUT2D eigenvalue weighted by atomic mass is 9.89. The maximum Gasteiger partial charge on any atom is 0.319 e. The summed E-state index contributed by atoms with van der Waals surface area (Å²) in [4.78, 5) is 21.0. The molecule has 13 heavy (non-hydrogen) atoms. The number of ether oxygens (including phenoxy) is 1. The second-order valence-corrected chi connectivity index (χ2v) is 3.26. The fourth-order valence-corrected chi connectivity index (χ4v) is 1.12. The highest BCUT2D eigenvalue weighted by Crippen LogP contribution is 2.14. The van der Waals surface area contributed by atoms with Crippen LogP contribution in [0.15, 0.2) is 12.3 Å². The van der Waals surface area contributed by atoms with E-state index in [1.54, 1.807) is 6.92 Å². The Morgan fingerprint density at radius 2 is 2.38 bits per heavy atom. The van der Waals surface area contributed by atoms with E-state index in [0.29, 0.717) is 0 Å². The summed E-state index contributed by atoms with van der Waals surface area (Å²) in [6.07, 6.45) is 2.80. The fourth-order valence-electron chi connectivity index (χ4n) is 1.12. The van der Waals surface area contributed by atoms with Crippen LogP contribution in [0.3, 0.4) is 0 Å². The smallest absolute Gasteiger partial charge is 0.319 e. The average Bonchev–Trinajstić information content (AvgIpc) is 2.03. The van der Waals surface area contributed by atoms with Crippen molar-refractivity contribution < 1.29 is 19.4 Å². The van der Waals surface area contributed by atoms with Crippen molar-refractivity contribution in [2.45, 2.75) is 25.8 Å². The number of carbonyl (C=O) groups is 2. The zero-order valence-electron chi connectivity index (χ0n) is 7.49. The van der Waals surface area contributed by atoms with Gasteiger partial charge in [-0.15, -0.1) is 0 Å². The summed E-state index contributed by atoms with van der Waals surface area (Å²) in [5, 5.41) is 10.6. The van der Waals surface area contributed by atoms with Gasteiger partial charge in [-0.3, -0.25) is 4.79 Å². The zero-order chi connectivity index (χ0) is 10.1. The molecule has 0 aromatic rings. The van der Waals surface area contributed by atoms with Gasteiger partial charge in [-0.05, 0) is 6.92 Å². The number of esters is 1. The molecule has 0 aromatic heterocycles. The Kier molecular flexibility index (Phi) is 2.49. The molecule has 2 atom stereocenters. The van der Waals surface area contributed by atoms with Gasteiger partial charge in [0.05, 0.1) is 6.26 Å². The van der Waals surface area contributed by atoms with Crippen molar-refractivity contribution >= 4 is 11.9 Å². The molecule has 1 aliphatic heterocycles. The quantitative estimate of drug-likeness (QED) is 0.263. The van der Waals surface area contributed by atoms with Gasteiger partial charge in [0.2, 0.25) is 0 Å². The highest BCUT2D eigenvalue weighted by Gasteiger charge is 2.47. The lowest BCUT2D eigenvalue weighted by molar-refractivity contribution is -0.849. The maximum atomic E-state index is 11.0. The molecule has 1 N–H and O–H groups in total. The van der Waals surface area contributed by atoms with Gasteiger partial charge in [0.25, 0.3) is 0 Å². The summed E-state index contributed by atoms with van der Waals surface area (Å²) in [6.45, 7) is 2.90. The number of quaternary nitrogens is 1. The van der Waals surface area contributed by atoms with E-state index in [-0.39, 0.29) is 12.3 Å². The molecule has 1 fully saturated rings. The summed E-state index contributed by atoms with van der Waals surface area (Å²) < 4.78 is 4.51. The van der Waals surface area contributed by atoms with E-state index in [1.807, 2.05) is 0 Å². The number of hydrogen-bond donors (Lipinski definition) is 1. The molecule has 5 heteroatoms. The molecule has 0 radical (unpaired) electrons. The third-order valence-corrected chi connectivity index (χ3v) is 1.97. The molecule has 0 saturated carbocycles. The van der Waals surface area contributed by atoms with Crippen molar-refractivity contribution in [3.63, 3.8) is 0 Å². The number of amides is 1. The minimum absolute atomic E-state index is 0.198. The van der Waals surface area contributed by atoms with E-state index in [0.717, 1.165) is 6.26 Å². The van der Waals surface area contributed by atoms with Crippen LogP contribution in [0.2, 0.25) is 0 Å². The van der Waals surface area contributed by atoms with Crippen LogP contribution < -0.4 is 5.06 Å². The van der Waals surface area contributed by atoms with Crippen LogP contribution in [0.25, 0.3) is 0 Å². The molecule has 1 heterocycles. The summed E-state index contributed by atoms with van der Waals surface area (Å²) in [5.41, 5.74) is -0.757. The highest BCUT2D eigenvalue weighted by atomic mass is 16.5. The molecule has 2 unspecified atom stereocenters. The Balaban J connectivity index is 2.49. The summed E-state index contributed by atoms with van der Waals surface area (Å²) in [7, 11) is 0. The second-order valence-electron chi connectivity index (χ2n) is 3.26. The molecule has 1 rings (SSSR count). The Hall–Kier alpha value is -1.20. The van der Waals surface area contributed by atoms with Gasteiger partial charge in [-0.2, -0.15) is 0 Å². The van der Waals surface area contributed by atoms with Crippen molar-refractivity contribution in [2.75, 3.05) is 0 Å². The number of hydrogen-bond acceptors (Lipinski definition) is 4. The van der Waals surface area contributed by atoms with Crippen molar-refractivity contribution in [3.05, 3.63) is 17.5 Å². The van der Waals surface area contributed by atoms with Crippen LogP contribution in [0.5, 0.6) is 0 Å². The van der Waals surface area contributed by atoms with Crippen molar-refractivity contribution in [3.8, 4) is 0 Å². The van der Waals surface area contributed by atoms with E-state index in [1.165, 1.54) is 13.0 Å². The van der Waals surface area contributed by atoms with Crippen molar-refractivity contribution in [1.82, 2.24) is 0 Å². The maximum absolute atomic E-state index is 11.0. The highest BCUT2D eigenvalue weighted by molar-refractivity contribution is 5.74. The molecule has 1 amide bonds. The first-order chi connectivity index (χ1) is 5.96. The van der Waals surface area contributed by atoms with Gasteiger partial charge in [-0.25, -0.2) is 4.79 Å². The van der Waals surface area contributed by atoms with Crippen LogP contribution in [-0.2, 0) is 14.3 Å². The van der Waals surface area contributed by atoms with Crippen LogP contribution in [0.1, 0.15) is 20.3 Å². The number of hydroxylamine groups is 2. The molecule has 1 saturated heterocycles. The predicted octanol–water partition coefficient (Wildman–Crippen LogP) is -0.865. The van der Waals surface area contributed by atoms with Crippen LogP contribution in [0, 0.1) is 5.21 Å². The first-order valence-corrected chi connectivity index (χ1v) is 3.88. The molecule has 0 aliphatic carbocycles. The second kappa shape index (κ2) is 3.27. The van der Waals surface area contributed by atoms with Crippen molar-refractivity contribution in [1.29, 1.82) is 0 Å². The molecule has 0 spiro atoms. The van der Waals surface area contributed by atoms with Gasteiger partial charge in [0, 0.05) is 13.0 Å². The Morgan fingerprint density at radius 3 is 2.77 bits per heavy atom. The predicted molar refractivity (Wildman–Crippen MR) is 43.3 cm³/mol. The van der Waals surface area contributed by atoms with Gasteiger partial charge in [0.15, 0.2) is 0 Å². The topological polar surface area (TPSA) is 70.9 Å². The standard InChI is InChI=1S/C8H11NO4/c1-6(10)13-4-3-8(2)5-7(11)9(8)12/h3-4,9H,5H2,1-2H3. The number of nitrogens with one attached hydrogen (secondary N) is 1. The molecule has 72 valence electrons. The van der Waals surface area contributed by atoms with E-state index < -0.39 is 16.6 Å². The first-order valence-electron chi connectivity index (χ1n) is 3.88. The van der Waals surface area contributed by atoms with E-state index >= 15 is 0 Å². The van der Waals surface area contributed by atoms with Gasteiger partial charge in [0.1, 0.15) is 12.0 Å². The minimum atomic E-state index is -0.757. The van der Waals surface area contributed by atoms with E-state index in [9.17, 15) is 14.8 Å². The monoisotopic (exact) mass is 185 g/mol. The van der Waals surface area contributed by atoms with Crippen molar-refractivity contribution in [2.24, 2.45) is 0 Å². The van der Waals surface area contributed by atoms with Crippen LogP contribution in [0.4, 0.5) is 0 Å². The van der Waals surface area contributed by atoms with Crippen LogP contribution in [-0.4, -0.2) is 17.4 Å². The lowest BCUT2D eigenvalue weighted by Crippen LogP contribution is -3.24. The Labute approximate surface area is 75.5 Å².